The van der Waals surface area contributed by atoms with Crippen LogP contribution in [0, 0.1) is 0 Å². The minimum absolute atomic E-state index is 0.383. The van der Waals surface area contributed by atoms with Crippen molar-refractivity contribution < 1.29 is 0 Å². The van der Waals surface area contributed by atoms with E-state index in [1.807, 2.05) is 11.7 Å². The number of rotatable bonds is 3. The van der Waals surface area contributed by atoms with Crippen LogP contribution in [-0.2, 0) is 13.6 Å². The summed E-state index contributed by atoms with van der Waals surface area (Å²) >= 11 is 6.14. The molecule has 1 saturated carbocycles. The highest BCUT2D eigenvalue weighted by Gasteiger charge is 2.19. The monoisotopic (exact) mass is 277 g/mol. The third-order valence-corrected chi connectivity index (χ3v) is 4.49. The molecule has 0 radical (unpaired) electrons. The average molecular weight is 278 g/mol. The first-order valence-electron chi connectivity index (χ1n) is 7.02. The van der Waals surface area contributed by atoms with Gasteiger partial charge in [-0.1, -0.05) is 18.2 Å². The molecule has 1 aliphatic carbocycles. The highest BCUT2D eigenvalue weighted by molar-refractivity contribution is 6.20. The van der Waals surface area contributed by atoms with Crippen LogP contribution >= 0.6 is 11.6 Å². The molecule has 3 nitrogen and oxygen atoms in total. The molecule has 0 bridgehead atoms. The minimum atomic E-state index is 0.383. The number of aryl methyl sites for hydroxylation is 1. The third kappa shape index (κ3) is 2.77. The molecule has 102 valence electrons. The van der Waals surface area contributed by atoms with E-state index in [9.17, 15) is 0 Å². The Labute approximate surface area is 118 Å². The smallest absolute Gasteiger partial charge is 0.0841 e. The molecule has 0 spiro atoms. The highest BCUT2D eigenvalue weighted by atomic mass is 35.5. The van der Waals surface area contributed by atoms with Crippen molar-refractivity contribution in [3.05, 3.63) is 30.0 Å². The van der Waals surface area contributed by atoms with Crippen molar-refractivity contribution in [3.63, 3.8) is 0 Å². The number of fused-ring (bicyclic) bond motifs is 1. The number of nitrogens with one attached hydrogen (secondary N) is 1. The van der Waals surface area contributed by atoms with Gasteiger partial charge in [-0.05, 0) is 31.7 Å². The molecule has 1 aromatic carbocycles. The minimum Gasteiger partial charge on any atom is -0.308 e. The second-order valence-corrected chi connectivity index (χ2v) is 6.03. The number of hydrogen-bond donors (Lipinski definition) is 1. The standard InChI is InChI=1S/C15H20ClN3/c1-19-15-5-3-2-4-13(15)14(18-19)10-17-12-8-6-11(16)7-9-12/h2-5,11-12,17H,6-10H2,1H3. The molecular weight excluding hydrogens is 258 g/mol. The summed E-state index contributed by atoms with van der Waals surface area (Å²) in [4.78, 5) is 0. The number of aromatic nitrogens is 2. The Morgan fingerprint density at radius 1 is 1.26 bits per heavy atom. The maximum absolute atomic E-state index is 6.14. The van der Waals surface area contributed by atoms with Gasteiger partial charge in [0, 0.05) is 30.4 Å². The molecule has 0 unspecified atom stereocenters. The van der Waals surface area contributed by atoms with Gasteiger partial charge in [0.1, 0.15) is 0 Å². The van der Waals surface area contributed by atoms with Crippen molar-refractivity contribution >= 4 is 22.5 Å². The van der Waals surface area contributed by atoms with Gasteiger partial charge in [0.15, 0.2) is 0 Å². The van der Waals surface area contributed by atoms with E-state index in [2.05, 4.69) is 34.7 Å². The van der Waals surface area contributed by atoms with Gasteiger partial charge in [-0.3, -0.25) is 4.68 Å². The zero-order valence-electron chi connectivity index (χ0n) is 11.3. The fourth-order valence-electron chi connectivity index (χ4n) is 2.92. The molecule has 4 heteroatoms. The van der Waals surface area contributed by atoms with Gasteiger partial charge in [0.2, 0.25) is 0 Å². The van der Waals surface area contributed by atoms with Gasteiger partial charge in [-0.25, -0.2) is 0 Å². The van der Waals surface area contributed by atoms with E-state index < -0.39 is 0 Å². The molecule has 1 aliphatic rings. The SMILES string of the molecule is Cn1nc(CNC2CCC(Cl)CC2)c2ccccc21. The molecule has 2 aromatic rings. The first kappa shape index (κ1) is 12.9. The van der Waals surface area contributed by atoms with Crippen LogP contribution in [-0.4, -0.2) is 21.2 Å². The summed E-state index contributed by atoms with van der Waals surface area (Å²) in [6, 6.07) is 8.99. The van der Waals surface area contributed by atoms with E-state index in [0.29, 0.717) is 11.4 Å². The van der Waals surface area contributed by atoms with Gasteiger partial charge < -0.3 is 5.32 Å². The Bertz CT molecular complexity index is 556. The van der Waals surface area contributed by atoms with Crippen molar-refractivity contribution in [2.75, 3.05) is 0 Å². The predicted molar refractivity (Wildman–Crippen MR) is 79.5 cm³/mol. The Balaban J connectivity index is 1.69. The van der Waals surface area contributed by atoms with Crippen LogP contribution in [0.25, 0.3) is 10.9 Å². The molecule has 1 N–H and O–H groups in total. The van der Waals surface area contributed by atoms with E-state index in [4.69, 9.17) is 11.6 Å². The molecule has 0 amide bonds. The summed E-state index contributed by atoms with van der Waals surface area (Å²) in [5.41, 5.74) is 2.34. The lowest BCUT2D eigenvalue weighted by Gasteiger charge is -2.25. The van der Waals surface area contributed by atoms with E-state index in [1.165, 1.54) is 23.7 Å². The first-order valence-corrected chi connectivity index (χ1v) is 7.46. The number of alkyl halides is 1. The van der Waals surface area contributed by atoms with E-state index in [-0.39, 0.29) is 0 Å². The molecule has 1 aromatic heterocycles. The quantitative estimate of drug-likeness (QED) is 0.873. The number of para-hydroxylation sites is 1. The molecular formula is C15H20ClN3. The van der Waals surface area contributed by atoms with Crippen LogP contribution < -0.4 is 5.32 Å². The number of halogens is 1. The van der Waals surface area contributed by atoms with Crippen molar-refractivity contribution in [3.8, 4) is 0 Å². The van der Waals surface area contributed by atoms with Crippen LogP contribution in [0.1, 0.15) is 31.4 Å². The third-order valence-electron chi connectivity index (χ3n) is 4.05. The van der Waals surface area contributed by atoms with Crippen LogP contribution in [0.3, 0.4) is 0 Å². The Hall–Kier alpha value is -1.06. The highest BCUT2D eigenvalue weighted by Crippen LogP contribution is 2.23. The summed E-state index contributed by atoms with van der Waals surface area (Å²) in [6.45, 7) is 0.846. The summed E-state index contributed by atoms with van der Waals surface area (Å²) in [6.07, 6.45) is 4.61. The lowest BCUT2D eigenvalue weighted by Crippen LogP contribution is -2.33. The van der Waals surface area contributed by atoms with Crippen LogP contribution in [0.2, 0.25) is 0 Å². The van der Waals surface area contributed by atoms with Gasteiger partial charge in [-0.2, -0.15) is 5.10 Å². The van der Waals surface area contributed by atoms with Gasteiger partial charge in [-0.15, -0.1) is 11.6 Å². The fourth-order valence-corrected chi connectivity index (χ4v) is 3.17. The number of nitrogens with zero attached hydrogens (tertiary/aromatic N) is 2. The van der Waals surface area contributed by atoms with E-state index in [0.717, 1.165) is 25.1 Å². The molecule has 0 saturated heterocycles. The second kappa shape index (κ2) is 5.51. The fraction of sp³-hybridized carbons (Fsp3) is 0.533. The van der Waals surface area contributed by atoms with Crippen molar-refractivity contribution in [2.45, 2.75) is 43.6 Å². The number of benzene rings is 1. The largest absolute Gasteiger partial charge is 0.308 e. The summed E-state index contributed by atoms with van der Waals surface area (Å²) in [7, 11) is 2.00. The maximum atomic E-state index is 6.14. The molecule has 3 rings (SSSR count). The topological polar surface area (TPSA) is 29.9 Å². The predicted octanol–water partition coefficient (Wildman–Crippen LogP) is 3.21. The molecule has 1 heterocycles. The molecule has 1 fully saturated rings. The second-order valence-electron chi connectivity index (χ2n) is 5.42. The van der Waals surface area contributed by atoms with Crippen LogP contribution in [0.4, 0.5) is 0 Å². The normalized spacial score (nSPS) is 23.9. The van der Waals surface area contributed by atoms with Crippen molar-refractivity contribution in [1.29, 1.82) is 0 Å². The average Bonchev–Trinajstić information content (AvgIpc) is 2.76. The van der Waals surface area contributed by atoms with Crippen molar-refractivity contribution in [2.24, 2.45) is 7.05 Å². The van der Waals surface area contributed by atoms with Gasteiger partial charge in [0.05, 0.1) is 11.2 Å². The van der Waals surface area contributed by atoms with Crippen molar-refractivity contribution in [1.82, 2.24) is 15.1 Å². The Morgan fingerprint density at radius 3 is 2.79 bits per heavy atom. The molecule has 19 heavy (non-hydrogen) atoms. The summed E-state index contributed by atoms with van der Waals surface area (Å²) < 4.78 is 1.96. The molecule has 0 atom stereocenters. The Morgan fingerprint density at radius 2 is 2.00 bits per heavy atom. The maximum Gasteiger partial charge on any atom is 0.0841 e. The Kier molecular flexibility index (Phi) is 3.76. The molecule has 0 aliphatic heterocycles. The van der Waals surface area contributed by atoms with Gasteiger partial charge >= 0.3 is 0 Å². The summed E-state index contributed by atoms with van der Waals surface area (Å²) in [5.74, 6) is 0. The van der Waals surface area contributed by atoms with Crippen LogP contribution in [0.15, 0.2) is 24.3 Å². The first-order chi connectivity index (χ1) is 9.24. The zero-order valence-corrected chi connectivity index (χ0v) is 12.0. The van der Waals surface area contributed by atoms with Crippen LogP contribution in [0.5, 0.6) is 0 Å². The lowest BCUT2D eigenvalue weighted by molar-refractivity contribution is 0.374. The summed E-state index contributed by atoms with van der Waals surface area (Å²) in [5, 5.41) is 9.88. The number of hydrogen-bond acceptors (Lipinski definition) is 2. The van der Waals surface area contributed by atoms with E-state index >= 15 is 0 Å². The van der Waals surface area contributed by atoms with Gasteiger partial charge in [0.25, 0.3) is 0 Å². The lowest BCUT2D eigenvalue weighted by atomic mass is 9.95. The van der Waals surface area contributed by atoms with E-state index in [1.54, 1.807) is 0 Å². The zero-order chi connectivity index (χ0) is 13.2.